The van der Waals surface area contributed by atoms with E-state index in [4.69, 9.17) is 10.7 Å². The zero-order valence-corrected chi connectivity index (χ0v) is 13.1. The third-order valence-corrected chi connectivity index (χ3v) is 4.77. The second-order valence-electron chi connectivity index (χ2n) is 5.23. The van der Waals surface area contributed by atoms with Crippen LogP contribution in [0.25, 0.3) is 22.0 Å². The Balaban J connectivity index is 2.07. The molecule has 0 unspecified atom stereocenters. The number of hydrogen-bond donors (Lipinski definition) is 1. The van der Waals surface area contributed by atoms with Gasteiger partial charge in [0.15, 0.2) is 0 Å². The topological polar surface area (TPSA) is 38.9 Å². The Morgan fingerprint density at radius 3 is 2.62 bits per heavy atom. The molecule has 0 radical (unpaired) electrons. The zero-order valence-electron chi connectivity index (χ0n) is 12.3. The molecule has 108 valence electrons. The van der Waals surface area contributed by atoms with Crippen molar-refractivity contribution in [1.82, 2.24) is 4.98 Å². The average molecular weight is 296 g/mol. The van der Waals surface area contributed by atoms with Crippen LogP contribution in [0.3, 0.4) is 0 Å². The van der Waals surface area contributed by atoms with Gasteiger partial charge in [-0.25, -0.2) is 4.98 Å². The molecule has 21 heavy (non-hydrogen) atoms. The molecule has 0 aliphatic rings. The lowest BCUT2D eigenvalue weighted by molar-refractivity contribution is 0.909. The van der Waals surface area contributed by atoms with Crippen LogP contribution < -0.4 is 5.73 Å². The van der Waals surface area contributed by atoms with Crippen LogP contribution in [0.5, 0.6) is 0 Å². The van der Waals surface area contributed by atoms with Gasteiger partial charge in [-0.1, -0.05) is 43.3 Å². The van der Waals surface area contributed by atoms with Gasteiger partial charge in [0.25, 0.3) is 0 Å². The summed E-state index contributed by atoms with van der Waals surface area (Å²) in [7, 11) is 0. The minimum absolute atomic E-state index is 0.675. The van der Waals surface area contributed by atoms with Gasteiger partial charge < -0.3 is 5.73 Å². The molecule has 1 aromatic heterocycles. The molecule has 1 heterocycles. The second kappa shape index (κ2) is 6.37. The van der Waals surface area contributed by atoms with E-state index in [1.165, 1.54) is 26.2 Å². The van der Waals surface area contributed by atoms with Crippen molar-refractivity contribution in [3.05, 3.63) is 52.3 Å². The Labute approximate surface area is 129 Å². The number of benzene rings is 2. The first-order valence-electron chi connectivity index (χ1n) is 7.49. The second-order valence-corrected chi connectivity index (χ2v) is 6.40. The minimum atomic E-state index is 0.675. The molecule has 0 aliphatic carbocycles. The number of fused-ring (bicyclic) bond motifs is 1. The van der Waals surface area contributed by atoms with Crippen molar-refractivity contribution < 1.29 is 0 Å². The summed E-state index contributed by atoms with van der Waals surface area (Å²) >= 11 is 1.82. The van der Waals surface area contributed by atoms with Gasteiger partial charge >= 0.3 is 0 Å². The summed E-state index contributed by atoms with van der Waals surface area (Å²) in [5.74, 6) is 0. The molecule has 0 bridgehead atoms. The molecular formula is C18H20N2S. The molecular weight excluding hydrogens is 276 g/mol. The van der Waals surface area contributed by atoms with Crippen LogP contribution >= 0.6 is 11.3 Å². The summed E-state index contributed by atoms with van der Waals surface area (Å²) in [5.41, 5.74) is 8.09. The van der Waals surface area contributed by atoms with E-state index in [1.54, 1.807) is 0 Å². The van der Waals surface area contributed by atoms with Crippen LogP contribution in [0.2, 0.25) is 0 Å². The fourth-order valence-electron chi connectivity index (χ4n) is 2.58. The third kappa shape index (κ3) is 2.99. The van der Waals surface area contributed by atoms with E-state index in [1.807, 2.05) is 11.3 Å². The van der Waals surface area contributed by atoms with Crippen LogP contribution in [0, 0.1) is 0 Å². The van der Waals surface area contributed by atoms with Gasteiger partial charge in [-0.3, -0.25) is 0 Å². The average Bonchev–Trinajstić information content (AvgIpc) is 2.90. The molecule has 3 aromatic rings. The number of rotatable bonds is 5. The lowest BCUT2D eigenvalue weighted by Crippen LogP contribution is -2.02. The van der Waals surface area contributed by atoms with E-state index in [0.29, 0.717) is 6.54 Å². The van der Waals surface area contributed by atoms with Gasteiger partial charge in [0.2, 0.25) is 0 Å². The molecule has 2 nitrogen and oxygen atoms in total. The molecule has 2 aromatic carbocycles. The highest BCUT2D eigenvalue weighted by Gasteiger charge is 2.12. The lowest BCUT2D eigenvalue weighted by Gasteiger charge is -2.04. The maximum absolute atomic E-state index is 5.76. The SMILES string of the molecule is CCCc1nc(-c2ccc3ccccc3c2)c(CCN)s1. The first kappa shape index (κ1) is 14.2. The highest BCUT2D eigenvalue weighted by molar-refractivity contribution is 7.12. The van der Waals surface area contributed by atoms with E-state index in [2.05, 4.69) is 49.4 Å². The summed E-state index contributed by atoms with van der Waals surface area (Å²) in [4.78, 5) is 6.17. The fourth-order valence-corrected chi connectivity index (χ4v) is 3.79. The van der Waals surface area contributed by atoms with E-state index >= 15 is 0 Å². The van der Waals surface area contributed by atoms with Gasteiger partial charge in [0.05, 0.1) is 10.7 Å². The van der Waals surface area contributed by atoms with Crippen LogP contribution in [0.4, 0.5) is 0 Å². The number of hydrogen-bond acceptors (Lipinski definition) is 3. The molecule has 0 fully saturated rings. The fraction of sp³-hybridized carbons (Fsp3) is 0.278. The molecule has 2 N–H and O–H groups in total. The van der Waals surface area contributed by atoms with Crippen molar-refractivity contribution in [2.45, 2.75) is 26.2 Å². The summed E-state index contributed by atoms with van der Waals surface area (Å²) in [5, 5.41) is 3.76. The highest BCUT2D eigenvalue weighted by atomic mass is 32.1. The first-order chi connectivity index (χ1) is 10.3. The van der Waals surface area contributed by atoms with Gasteiger partial charge in [0.1, 0.15) is 0 Å². The van der Waals surface area contributed by atoms with Gasteiger partial charge in [-0.05, 0) is 42.6 Å². The van der Waals surface area contributed by atoms with Crippen LogP contribution in [-0.4, -0.2) is 11.5 Å². The predicted octanol–water partition coefficient (Wildman–Crippen LogP) is 4.42. The third-order valence-electron chi connectivity index (χ3n) is 3.60. The molecule has 3 heteroatoms. The zero-order chi connectivity index (χ0) is 14.7. The van der Waals surface area contributed by atoms with Crippen molar-refractivity contribution in [1.29, 1.82) is 0 Å². The predicted molar refractivity (Wildman–Crippen MR) is 91.8 cm³/mol. The van der Waals surface area contributed by atoms with E-state index in [9.17, 15) is 0 Å². The normalized spacial score (nSPS) is 11.1. The van der Waals surface area contributed by atoms with Crippen molar-refractivity contribution in [2.24, 2.45) is 5.73 Å². The standard InChI is InChI=1S/C18H20N2S/c1-2-5-17-20-18(16(21-17)10-11-19)15-9-8-13-6-3-4-7-14(13)12-15/h3-4,6-9,12H,2,5,10-11,19H2,1H3. The maximum Gasteiger partial charge on any atom is 0.0935 e. The number of aromatic nitrogens is 1. The smallest absolute Gasteiger partial charge is 0.0935 e. The Kier molecular flexibility index (Phi) is 4.32. The van der Waals surface area contributed by atoms with Crippen molar-refractivity contribution in [2.75, 3.05) is 6.54 Å². The van der Waals surface area contributed by atoms with Gasteiger partial charge in [0, 0.05) is 10.4 Å². The van der Waals surface area contributed by atoms with Crippen LogP contribution in [0.1, 0.15) is 23.2 Å². The largest absolute Gasteiger partial charge is 0.330 e. The molecule has 0 saturated carbocycles. The van der Waals surface area contributed by atoms with Crippen molar-refractivity contribution >= 4 is 22.1 Å². The summed E-state index contributed by atoms with van der Waals surface area (Å²) in [6, 6.07) is 15.0. The van der Waals surface area contributed by atoms with Gasteiger partial charge in [-0.2, -0.15) is 0 Å². The van der Waals surface area contributed by atoms with E-state index in [0.717, 1.165) is 25.0 Å². The monoisotopic (exact) mass is 296 g/mol. The Morgan fingerprint density at radius 2 is 1.86 bits per heavy atom. The Bertz CT molecular complexity index is 746. The molecule has 0 amide bonds. The van der Waals surface area contributed by atoms with Crippen LogP contribution in [-0.2, 0) is 12.8 Å². The summed E-state index contributed by atoms with van der Waals surface area (Å²) in [6.07, 6.45) is 3.09. The first-order valence-corrected chi connectivity index (χ1v) is 8.31. The summed E-state index contributed by atoms with van der Waals surface area (Å²) < 4.78 is 0. The van der Waals surface area contributed by atoms with E-state index in [-0.39, 0.29) is 0 Å². The number of nitrogens with zero attached hydrogens (tertiary/aromatic N) is 1. The quantitative estimate of drug-likeness (QED) is 0.757. The van der Waals surface area contributed by atoms with Gasteiger partial charge in [-0.15, -0.1) is 11.3 Å². The minimum Gasteiger partial charge on any atom is -0.330 e. The molecule has 3 rings (SSSR count). The van der Waals surface area contributed by atoms with Crippen molar-refractivity contribution in [3.63, 3.8) is 0 Å². The highest BCUT2D eigenvalue weighted by Crippen LogP contribution is 2.31. The maximum atomic E-state index is 5.76. The Hall–Kier alpha value is -1.71. The number of aryl methyl sites for hydroxylation is 1. The molecule has 0 spiro atoms. The lowest BCUT2D eigenvalue weighted by atomic mass is 10.0. The number of thiazole rings is 1. The molecule has 0 saturated heterocycles. The van der Waals surface area contributed by atoms with E-state index < -0.39 is 0 Å². The van der Waals surface area contributed by atoms with Crippen molar-refractivity contribution in [3.8, 4) is 11.3 Å². The molecule has 0 aliphatic heterocycles. The number of nitrogens with two attached hydrogens (primary N) is 1. The summed E-state index contributed by atoms with van der Waals surface area (Å²) in [6.45, 7) is 2.87. The Morgan fingerprint density at radius 1 is 1.05 bits per heavy atom. The molecule has 0 atom stereocenters. The van der Waals surface area contributed by atoms with Crippen LogP contribution in [0.15, 0.2) is 42.5 Å².